The molecule has 0 N–H and O–H groups in total. The Morgan fingerprint density at radius 2 is 1.83 bits per heavy atom. The maximum absolute atomic E-state index is 12.3. The van der Waals surface area contributed by atoms with Crippen molar-refractivity contribution in [2.24, 2.45) is 0 Å². The van der Waals surface area contributed by atoms with Crippen molar-refractivity contribution in [3.63, 3.8) is 0 Å². The highest BCUT2D eigenvalue weighted by Crippen LogP contribution is 2.31. The minimum absolute atomic E-state index is 0. The van der Waals surface area contributed by atoms with Gasteiger partial charge in [0.1, 0.15) is 0 Å². The molecule has 1 aliphatic heterocycles. The van der Waals surface area contributed by atoms with Gasteiger partial charge in [-0.2, -0.15) is 0 Å². The normalized spacial score (nSPS) is 22.4. The molecule has 4 heteroatoms. The van der Waals surface area contributed by atoms with Gasteiger partial charge >= 0.3 is 0 Å². The van der Waals surface area contributed by atoms with E-state index in [-0.39, 0.29) is 18.2 Å². The van der Waals surface area contributed by atoms with Crippen LogP contribution in [0.5, 0.6) is 0 Å². The predicted molar refractivity (Wildman–Crippen MR) is 74.7 cm³/mol. The Labute approximate surface area is 114 Å². The number of ether oxygens (including phenoxy) is 1. The van der Waals surface area contributed by atoms with E-state index in [9.17, 15) is 4.79 Å². The van der Waals surface area contributed by atoms with Crippen molar-refractivity contribution in [1.82, 2.24) is 4.90 Å². The Morgan fingerprint density at radius 3 is 2.39 bits per heavy atom. The van der Waals surface area contributed by atoms with Crippen molar-refractivity contribution in [3.05, 3.63) is 42.2 Å². The first kappa shape index (κ1) is 14.7. The number of hydrogen-bond donors (Lipinski definition) is 0. The van der Waals surface area contributed by atoms with Gasteiger partial charge in [-0.05, 0) is 26.6 Å². The summed E-state index contributed by atoms with van der Waals surface area (Å²) in [5, 5.41) is 0. The van der Waals surface area contributed by atoms with Crippen LogP contribution in [-0.4, -0.2) is 36.9 Å². The minimum atomic E-state index is -0.755. The Morgan fingerprint density at radius 1 is 1.22 bits per heavy atom. The molecular weight excluding hydrogens is 250 g/mol. The van der Waals surface area contributed by atoms with E-state index in [1.54, 1.807) is 6.26 Å². The third-order valence-corrected chi connectivity index (χ3v) is 2.86. The standard InChI is InChI=1S/C14H17NO2.ClH/c1-14(10-15(2)3)13(16)12(9-17-14)11-7-5-4-6-8-11;/h4-9H,10H2,1-3H3;1H. The smallest absolute Gasteiger partial charge is 0.211 e. The minimum Gasteiger partial charge on any atom is -0.485 e. The molecule has 1 aliphatic rings. The van der Waals surface area contributed by atoms with E-state index in [0.717, 1.165) is 5.56 Å². The number of nitrogens with zero attached hydrogens (tertiary/aromatic N) is 1. The zero-order chi connectivity index (χ0) is 12.5. The number of Topliss-reactive ketones (excluding diaryl/α,β-unsaturated/α-hetero) is 1. The van der Waals surface area contributed by atoms with Crippen LogP contribution in [0.3, 0.4) is 0 Å². The second kappa shape index (κ2) is 5.55. The number of ketones is 1. The molecule has 1 atom stereocenters. The number of carbonyl (C=O) groups is 1. The lowest BCUT2D eigenvalue weighted by atomic mass is 9.93. The second-order valence-electron chi connectivity index (χ2n) is 4.81. The lowest BCUT2D eigenvalue weighted by Gasteiger charge is -2.25. The number of benzene rings is 1. The van der Waals surface area contributed by atoms with Gasteiger partial charge in [-0.25, -0.2) is 0 Å². The number of rotatable bonds is 3. The molecule has 0 radical (unpaired) electrons. The molecule has 18 heavy (non-hydrogen) atoms. The lowest BCUT2D eigenvalue weighted by molar-refractivity contribution is -0.128. The molecule has 0 fully saturated rings. The van der Waals surface area contributed by atoms with E-state index in [4.69, 9.17) is 4.74 Å². The van der Waals surface area contributed by atoms with Gasteiger partial charge < -0.3 is 9.64 Å². The highest BCUT2D eigenvalue weighted by atomic mass is 35.5. The summed E-state index contributed by atoms with van der Waals surface area (Å²) >= 11 is 0. The summed E-state index contributed by atoms with van der Waals surface area (Å²) in [5.74, 6) is 0.0531. The molecule has 0 bridgehead atoms. The van der Waals surface area contributed by atoms with Crippen LogP contribution in [0.25, 0.3) is 5.57 Å². The van der Waals surface area contributed by atoms with Crippen LogP contribution in [0, 0.1) is 0 Å². The monoisotopic (exact) mass is 267 g/mol. The average molecular weight is 268 g/mol. The molecule has 0 saturated carbocycles. The first-order chi connectivity index (χ1) is 8.03. The van der Waals surface area contributed by atoms with Crippen molar-refractivity contribution < 1.29 is 9.53 Å². The maximum atomic E-state index is 12.3. The Balaban J connectivity index is 0.00000162. The molecule has 1 aromatic carbocycles. The van der Waals surface area contributed by atoms with Gasteiger partial charge in [0, 0.05) is 6.54 Å². The van der Waals surface area contributed by atoms with Crippen LogP contribution in [0.4, 0.5) is 0 Å². The van der Waals surface area contributed by atoms with Crippen molar-refractivity contribution >= 4 is 23.8 Å². The topological polar surface area (TPSA) is 29.5 Å². The molecule has 0 aliphatic carbocycles. The summed E-state index contributed by atoms with van der Waals surface area (Å²) in [5.41, 5.74) is 0.823. The molecule has 1 aromatic rings. The van der Waals surface area contributed by atoms with Crippen molar-refractivity contribution in [2.75, 3.05) is 20.6 Å². The van der Waals surface area contributed by atoms with Crippen molar-refractivity contribution in [3.8, 4) is 0 Å². The number of hydrogen-bond acceptors (Lipinski definition) is 3. The third-order valence-electron chi connectivity index (χ3n) is 2.86. The Bertz CT molecular complexity index is 456. The average Bonchev–Trinajstić information content (AvgIpc) is 2.56. The zero-order valence-electron chi connectivity index (χ0n) is 10.8. The summed E-state index contributed by atoms with van der Waals surface area (Å²) in [6.45, 7) is 2.42. The highest BCUT2D eigenvalue weighted by molar-refractivity contribution is 6.25. The summed E-state index contributed by atoms with van der Waals surface area (Å²) < 4.78 is 5.58. The molecule has 1 heterocycles. The van der Waals surface area contributed by atoms with E-state index < -0.39 is 5.60 Å². The van der Waals surface area contributed by atoms with Crippen molar-refractivity contribution in [2.45, 2.75) is 12.5 Å². The van der Waals surface area contributed by atoms with Crippen LogP contribution < -0.4 is 0 Å². The first-order valence-electron chi connectivity index (χ1n) is 5.66. The molecule has 2 rings (SSSR count). The van der Waals surface area contributed by atoms with Crippen LogP contribution in [0.1, 0.15) is 12.5 Å². The van der Waals surface area contributed by atoms with Gasteiger partial charge in [0.2, 0.25) is 5.78 Å². The summed E-state index contributed by atoms with van der Waals surface area (Å²) in [6, 6.07) is 9.63. The largest absolute Gasteiger partial charge is 0.485 e. The molecule has 0 aromatic heterocycles. The Hall–Kier alpha value is -1.32. The SMILES string of the molecule is CN(C)CC1(C)OC=C(c2ccccc2)C1=O.Cl. The number of carbonyl (C=O) groups excluding carboxylic acids is 1. The quantitative estimate of drug-likeness (QED) is 0.842. The van der Waals surface area contributed by atoms with Crippen LogP contribution in [0.2, 0.25) is 0 Å². The Kier molecular flexibility index (Phi) is 4.54. The molecule has 98 valence electrons. The maximum Gasteiger partial charge on any atom is 0.211 e. The summed E-state index contributed by atoms with van der Waals surface area (Å²) in [7, 11) is 3.87. The zero-order valence-corrected chi connectivity index (χ0v) is 11.7. The fourth-order valence-electron chi connectivity index (χ4n) is 2.11. The molecule has 0 spiro atoms. The number of halogens is 1. The van der Waals surface area contributed by atoms with Gasteiger partial charge in [-0.15, -0.1) is 12.4 Å². The molecule has 3 nitrogen and oxygen atoms in total. The summed E-state index contributed by atoms with van der Waals surface area (Å²) in [6.07, 6.45) is 1.58. The highest BCUT2D eigenvalue weighted by Gasteiger charge is 2.42. The number of likely N-dealkylation sites (N-methyl/N-ethyl adjacent to an activating group) is 1. The summed E-state index contributed by atoms with van der Waals surface area (Å²) in [4.78, 5) is 14.3. The van der Waals surface area contributed by atoms with E-state index in [1.165, 1.54) is 0 Å². The fourth-order valence-corrected chi connectivity index (χ4v) is 2.11. The van der Waals surface area contributed by atoms with Crippen LogP contribution >= 0.6 is 12.4 Å². The third kappa shape index (κ3) is 2.74. The van der Waals surface area contributed by atoms with Crippen molar-refractivity contribution in [1.29, 1.82) is 0 Å². The van der Waals surface area contributed by atoms with Gasteiger partial charge in [-0.1, -0.05) is 30.3 Å². The fraction of sp³-hybridized carbons (Fsp3) is 0.357. The van der Waals surface area contributed by atoms with Gasteiger partial charge in [0.05, 0.1) is 11.8 Å². The van der Waals surface area contributed by atoms with Gasteiger partial charge in [-0.3, -0.25) is 4.79 Å². The van der Waals surface area contributed by atoms with E-state index in [2.05, 4.69) is 0 Å². The van der Waals surface area contributed by atoms with E-state index >= 15 is 0 Å². The second-order valence-corrected chi connectivity index (χ2v) is 4.81. The van der Waals surface area contributed by atoms with E-state index in [0.29, 0.717) is 12.1 Å². The van der Waals surface area contributed by atoms with Gasteiger partial charge in [0.25, 0.3) is 0 Å². The molecule has 0 saturated heterocycles. The van der Waals surface area contributed by atoms with Crippen LogP contribution in [0.15, 0.2) is 36.6 Å². The molecular formula is C14H18ClNO2. The predicted octanol–water partition coefficient (Wildman–Crippen LogP) is 2.37. The molecule has 0 amide bonds. The van der Waals surface area contributed by atoms with Gasteiger partial charge in [0.15, 0.2) is 5.60 Å². The molecule has 1 unspecified atom stereocenters. The lowest BCUT2D eigenvalue weighted by Crippen LogP contribution is -2.43. The first-order valence-corrected chi connectivity index (χ1v) is 5.66. The van der Waals surface area contributed by atoms with Crippen LogP contribution in [-0.2, 0) is 9.53 Å². The van der Waals surface area contributed by atoms with E-state index in [1.807, 2.05) is 56.3 Å².